The number of unbranched alkanes of at least 4 members (excludes halogenated alkanes) is 1. The lowest BCUT2D eigenvalue weighted by Gasteiger charge is -2.01. The van der Waals surface area contributed by atoms with Gasteiger partial charge in [-0.15, -0.1) is 0 Å². The molecule has 0 spiro atoms. The molecule has 0 saturated heterocycles. The summed E-state index contributed by atoms with van der Waals surface area (Å²) in [5.74, 6) is 0. The molecule has 16 heavy (non-hydrogen) atoms. The standard InChI is InChI=1S/C12H14N4/c13-5-1-2-7-16-9-10(8-14)11-4-3-6-15-12(11)16/h3-4,6,9H,1-2,7-8,14H2. The van der Waals surface area contributed by atoms with Gasteiger partial charge in [0.05, 0.1) is 6.07 Å². The average molecular weight is 214 g/mol. The number of pyridine rings is 1. The minimum absolute atomic E-state index is 0.521. The fourth-order valence-corrected chi connectivity index (χ4v) is 1.86. The Hall–Kier alpha value is -1.86. The molecule has 0 aromatic carbocycles. The predicted octanol–water partition coefficient (Wildman–Crippen LogP) is 1.80. The van der Waals surface area contributed by atoms with Crippen molar-refractivity contribution in [2.75, 3.05) is 0 Å². The summed E-state index contributed by atoms with van der Waals surface area (Å²) in [6, 6.07) is 6.10. The number of aryl methyl sites for hydroxylation is 1. The largest absolute Gasteiger partial charge is 0.332 e. The van der Waals surface area contributed by atoms with Gasteiger partial charge in [-0.25, -0.2) is 4.98 Å². The third-order valence-electron chi connectivity index (χ3n) is 2.62. The molecule has 0 amide bonds. The third kappa shape index (κ3) is 1.90. The second-order valence-electron chi connectivity index (χ2n) is 3.69. The lowest BCUT2D eigenvalue weighted by molar-refractivity contribution is 0.667. The molecule has 0 aliphatic rings. The van der Waals surface area contributed by atoms with Gasteiger partial charge in [-0.3, -0.25) is 0 Å². The number of nitrogens with two attached hydrogens (primary N) is 1. The van der Waals surface area contributed by atoms with Crippen LogP contribution in [-0.4, -0.2) is 9.55 Å². The van der Waals surface area contributed by atoms with E-state index in [9.17, 15) is 0 Å². The number of aromatic nitrogens is 2. The summed E-state index contributed by atoms with van der Waals surface area (Å²) in [5.41, 5.74) is 7.76. The molecular weight excluding hydrogens is 200 g/mol. The Morgan fingerprint density at radius 3 is 3.12 bits per heavy atom. The first kappa shape index (κ1) is 10.7. The van der Waals surface area contributed by atoms with Gasteiger partial charge in [0.2, 0.25) is 0 Å². The van der Waals surface area contributed by atoms with E-state index >= 15 is 0 Å². The maximum atomic E-state index is 8.51. The van der Waals surface area contributed by atoms with Crippen LogP contribution in [0.4, 0.5) is 0 Å². The summed E-state index contributed by atoms with van der Waals surface area (Å²) in [4.78, 5) is 4.35. The smallest absolute Gasteiger partial charge is 0.140 e. The summed E-state index contributed by atoms with van der Waals surface area (Å²) >= 11 is 0. The van der Waals surface area contributed by atoms with Crippen molar-refractivity contribution in [2.45, 2.75) is 25.9 Å². The fraction of sp³-hybridized carbons (Fsp3) is 0.333. The molecule has 2 rings (SSSR count). The minimum atomic E-state index is 0.521. The van der Waals surface area contributed by atoms with Crippen LogP contribution in [0, 0.1) is 11.3 Å². The van der Waals surface area contributed by atoms with Crippen LogP contribution in [-0.2, 0) is 13.1 Å². The molecule has 4 heteroatoms. The van der Waals surface area contributed by atoms with Crippen molar-refractivity contribution in [3.63, 3.8) is 0 Å². The van der Waals surface area contributed by atoms with Crippen molar-refractivity contribution < 1.29 is 0 Å². The van der Waals surface area contributed by atoms with Crippen molar-refractivity contribution in [3.8, 4) is 6.07 Å². The summed E-state index contributed by atoms with van der Waals surface area (Å²) in [5, 5.41) is 9.63. The first-order chi connectivity index (χ1) is 7.86. The molecule has 0 radical (unpaired) electrons. The maximum Gasteiger partial charge on any atom is 0.140 e. The summed E-state index contributed by atoms with van der Waals surface area (Å²) in [7, 11) is 0. The lowest BCUT2D eigenvalue weighted by Crippen LogP contribution is -1.97. The molecule has 0 saturated carbocycles. The van der Waals surface area contributed by atoms with Gasteiger partial charge in [-0.2, -0.15) is 5.26 Å². The van der Waals surface area contributed by atoms with E-state index in [-0.39, 0.29) is 0 Å². The first-order valence-corrected chi connectivity index (χ1v) is 5.36. The number of hydrogen-bond donors (Lipinski definition) is 1. The van der Waals surface area contributed by atoms with Crippen molar-refractivity contribution in [1.29, 1.82) is 5.26 Å². The van der Waals surface area contributed by atoms with Gasteiger partial charge >= 0.3 is 0 Å². The highest BCUT2D eigenvalue weighted by atomic mass is 15.0. The van der Waals surface area contributed by atoms with Gasteiger partial charge in [0.1, 0.15) is 5.65 Å². The van der Waals surface area contributed by atoms with E-state index in [2.05, 4.69) is 15.6 Å². The Morgan fingerprint density at radius 1 is 1.50 bits per heavy atom. The van der Waals surface area contributed by atoms with Gasteiger partial charge in [0, 0.05) is 37.3 Å². The molecule has 4 nitrogen and oxygen atoms in total. The fourth-order valence-electron chi connectivity index (χ4n) is 1.86. The summed E-state index contributed by atoms with van der Waals surface area (Å²) in [6.45, 7) is 1.34. The predicted molar refractivity (Wildman–Crippen MR) is 62.5 cm³/mol. The van der Waals surface area contributed by atoms with E-state index in [1.807, 2.05) is 18.3 Å². The molecular formula is C12H14N4. The second kappa shape index (κ2) is 4.77. The molecule has 0 fully saturated rings. The van der Waals surface area contributed by atoms with E-state index in [1.165, 1.54) is 0 Å². The van der Waals surface area contributed by atoms with Crippen LogP contribution in [0.3, 0.4) is 0 Å². The lowest BCUT2D eigenvalue weighted by atomic mass is 10.2. The van der Waals surface area contributed by atoms with E-state index < -0.39 is 0 Å². The highest BCUT2D eigenvalue weighted by molar-refractivity contribution is 5.80. The monoisotopic (exact) mass is 214 g/mol. The zero-order chi connectivity index (χ0) is 11.4. The van der Waals surface area contributed by atoms with Gasteiger partial charge in [0.15, 0.2) is 0 Å². The van der Waals surface area contributed by atoms with Crippen LogP contribution in [0.5, 0.6) is 0 Å². The highest BCUT2D eigenvalue weighted by Crippen LogP contribution is 2.19. The summed E-state index contributed by atoms with van der Waals surface area (Å²) in [6.07, 6.45) is 5.24. The quantitative estimate of drug-likeness (QED) is 0.789. The molecule has 2 aromatic rings. The van der Waals surface area contributed by atoms with Crippen LogP contribution < -0.4 is 5.73 Å². The first-order valence-electron chi connectivity index (χ1n) is 5.36. The van der Waals surface area contributed by atoms with Crippen LogP contribution in [0.15, 0.2) is 24.5 Å². The molecule has 0 bridgehead atoms. The Morgan fingerprint density at radius 2 is 2.38 bits per heavy atom. The third-order valence-corrected chi connectivity index (χ3v) is 2.62. The number of nitriles is 1. The minimum Gasteiger partial charge on any atom is -0.332 e. The van der Waals surface area contributed by atoms with Crippen LogP contribution in [0.25, 0.3) is 11.0 Å². The average Bonchev–Trinajstić information content (AvgIpc) is 2.68. The number of nitrogens with zero attached hydrogens (tertiary/aromatic N) is 3. The Kier molecular flexibility index (Phi) is 3.18. The number of rotatable bonds is 4. The molecule has 2 heterocycles. The van der Waals surface area contributed by atoms with Gasteiger partial charge in [-0.1, -0.05) is 0 Å². The van der Waals surface area contributed by atoms with Crippen molar-refractivity contribution in [2.24, 2.45) is 5.73 Å². The molecule has 0 atom stereocenters. The van der Waals surface area contributed by atoms with Gasteiger partial charge < -0.3 is 10.3 Å². The van der Waals surface area contributed by atoms with Crippen molar-refractivity contribution in [3.05, 3.63) is 30.1 Å². The van der Waals surface area contributed by atoms with Crippen LogP contribution in [0.2, 0.25) is 0 Å². The Balaban J connectivity index is 2.34. The van der Waals surface area contributed by atoms with Crippen LogP contribution in [0.1, 0.15) is 18.4 Å². The second-order valence-corrected chi connectivity index (χ2v) is 3.69. The van der Waals surface area contributed by atoms with Crippen molar-refractivity contribution >= 4 is 11.0 Å². The van der Waals surface area contributed by atoms with Gasteiger partial charge in [-0.05, 0) is 24.1 Å². The number of hydrogen-bond acceptors (Lipinski definition) is 3. The Bertz CT molecular complexity index is 521. The Labute approximate surface area is 94.3 Å². The molecule has 2 aromatic heterocycles. The molecule has 82 valence electrons. The zero-order valence-electron chi connectivity index (χ0n) is 9.06. The van der Waals surface area contributed by atoms with E-state index in [1.54, 1.807) is 6.20 Å². The topological polar surface area (TPSA) is 67.6 Å². The summed E-state index contributed by atoms with van der Waals surface area (Å²) < 4.78 is 2.08. The van der Waals surface area contributed by atoms with E-state index in [0.29, 0.717) is 13.0 Å². The van der Waals surface area contributed by atoms with Gasteiger partial charge in [0.25, 0.3) is 0 Å². The number of fused-ring (bicyclic) bond motifs is 1. The molecule has 0 unspecified atom stereocenters. The zero-order valence-corrected chi connectivity index (χ0v) is 9.06. The van der Waals surface area contributed by atoms with Crippen molar-refractivity contribution in [1.82, 2.24) is 9.55 Å². The normalized spacial score (nSPS) is 10.5. The van der Waals surface area contributed by atoms with E-state index in [0.717, 1.165) is 29.6 Å². The van der Waals surface area contributed by atoms with Crippen LogP contribution >= 0.6 is 0 Å². The molecule has 0 aliphatic carbocycles. The SMILES string of the molecule is N#CCCCn1cc(CN)c2cccnc21. The molecule has 0 aliphatic heterocycles. The molecule has 2 N–H and O–H groups in total. The highest BCUT2D eigenvalue weighted by Gasteiger charge is 2.07. The van der Waals surface area contributed by atoms with E-state index in [4.69, 9.17) is 11.0 Å². The maximum absolute atomic E-state index is 8.51.